The van der Waals surface area contributed by atoms with Crippen molar-refractivity contribution >= 4 is 28.7 Å². The zero-order valence-corrected chi connectivity index (χ0v) is 14.4. The molecule has 1 heterocycles. The summed E-state index contributed by atoms with van der Waals surface area (Å²) in [7, 11) is -1.05. The third-order valence-corrected chi connectivity index (χ3v) is 3.95. The number of hydrogen-bond donors (Lipinski definition) is 0. The van der Waals surface area contributed by atoms with Gasteiger partial charge in [-0.05, 0) is 6.42 Å². The molecular formula is C14H22O8S. The number of rotatable bonds is 6. The SMILES string of the molecule is CC(=O)O[C@H]1[C@H](OC(C)=O)[C@H](OC(C)=O)CO[C@@H]1CCS(C)=O. The molecule has 1 aliphatic heterocycles. The van der Waals surface area contributed by atoms with Crippen LogP contribution in [-0.2, 0) is 44.1 Å². The van der Waals surface area contributed by atoms with Gasteiger partial charge in [0.15, 0.2) is 18.3 Å². The number of esters is 3. The Balaban J connectivity index is 2.98. The average Bonchev–Trinajstić information content (AvgIpc) is 2.39. The first-order valence-corrected chi connectivity index (χ1v) is 8.86. The summed E-state index contributed by atoms with van der Waals surface area (Å²) >= 11 is 0. The maximum atomic E-state index is 11.4. The smallest absolute Gasteiger partial charge is 0.303 e. The molecule has 0 aliphatic carbocycles. The Morgan fingerprint density at radius 3 is 2.00 bits per heavy atom. The molecule has 1 saturated heterocycles. The van der Waals surface area contributed by atoms with Crippen molar-refractivity contribution in [2.45, 2.75) is 51.6 Å². The number of carbonyl (C=O) groups excluding carboxylic acids is 3. The summed E-state index contributed by atoms with van der Waals surface area (Å²) in [5.41, 5.74) is 0. The zero-order valence-electron chi connectivity index (χ0n) is 13.6. The molecule has 0 radical (unpaired) electrons. The molecular weight excluding hydrogens is 328 g/mol. The lowest BCUT2D eigenvalue weighted by Crippen LogP contribution is -2.57. The summed E-state index contributed by atoms with van der Waals surface area (Å²) in [6.45, 7) is 3.64. The van der Waals surface area contributed by atoms with Crippen LogP contribution in [0.2, 0.25) is 0 Å². The molecule has 0 aromatic heterocycles. The second kappa shape index (κ2) is 8.97. The minimum Gasteiger partial charge on any atom is -0.456 e. The highest BCUT2D eigenvalue weighted by molar-refractivity contribution is 7.84. The van der Waals surface area contributed by atoms with Gasteiger partial charge in [-0.1, -0.05) is 0 Å². The molecule has 0 aromatic rings. The van der Waals surface area contributed by atoms with Crippen LogP contribution >= 0.6 is 0 Å². The summed E-state index contributed by atoms with van der Waals surface area (Å²) in [4.78, 5) is 33.9. The fourth-order valence-corrected chi connectivity index (χ4v) is 2.91. The van der Waals surface area contributed by atoms with Crippen molar-refractivity contribution in [3.63, 3.8) is 0 Å². The van der Waals surface area contributed by atoms with Gasteiger partial charge in [0.1, 0.15) is 0 Å². The zero-order chi connectivity index (χ0) is 17.6. The summed E-state index contributed by atoms with van der Waals surface area (Å²) in [6, 6.07) is 0. The van der Waals surface area contributed by atoms with E-state index in [0.29, 0.717) is 12.2 Å². The standard InChI is InChI=1S/C14H22O8S/c1-8(15)20-12-7-19-11(5-6-23(4)18)13(21-9(2)16)14(12)22-10(3)17/h11-14H,5-7H2,1-4H3/t11-,12-,13-,14-,23?/m1/s1. The largest absolute Gasteiger partial charge is 0.456 e. The van der Waals surface area contributed by atoms with Crippen molar-refractivity contribution in [3.8, 4) is 0 Å². The van der Waals surface area contributed by atoms with Gasteiger partial charge in [0.2, 0.25) is 0 Å². The summed E-state index contributed by atoms with van der Waals surface area (Å²) in [6.07, 6.45) is -1.47. The van der Waals surface area contributed by atoms with Crippen LogP contribution in [0.25, 0.3) is 0 Å². The normalized spacial score (nSPS) is 28.5. The highest BCUT2D eigenvalue weighted by Crippen LogP contribution is 2.26. The number of hydrogen-bond acceptors (Lipinski definition) is 8. The molecule has 132 valence electrons. The third-order valence-electron chi connectivity index (χ3n) is 3.14. The Bertz CT molecular complexity index is 477. The van der Waals surface area contributed by atoms with Gasteiger partial charge in [-0.15, -0.1) is 0 Å². The second-order valence-electron chi connectivity index (χ2n) is 5.23. The van der Waals surface area contributed by atoms with Crippen molar-refractivity contribution in [2.75, 3.05) is 18.6 Å². The monoisotopic (exact) mass is 350 g/mol. The van der Waals surface area contributed by atoms with E-state index in [0.717, 1.165) is 0 Å². The van der Waals surface area contributed by atoms with E-state index >= 15 is 0 Å². The van der Waals surface area contributed by atoms with Gasteiger partial charge < -0.3 is 18.9 Å². The fourth-order valence-electron chi connectivity index (χ4n) is 2.34. The molecule has 5 atom stereocenters. The molecule has 0 N–H and O–H groups in total. The van der Waals surface area contributed by atoms with Crippen LogP contribution in [0.4, 0.5) is 0 Å². The quantitative estimate of drug-likeness (QED) is 0.485. The van der Waals surface area contributed by atoms with E-state index in [1.165, 1.54) is 20.8 Å². The van der Waals surface area contributed by atoms with Crippen LogP contribution in [0, 0.1) is 0 Å². The van der Waals surface area contributed by atoms with Gasteiger partial charge in [-0.3, -0.25) is 18.6 Å². The lowest BCUT2D eigenvalue weighted by molar-refractivity contribution is -0.225. The fraction of sp³-hybridized carbons (Fsp3) is 0.786. The highest BCUT2D eigenvalue weighted by Gasteiger charge is 2.46. The van der Waals surface area contributed by atoms with E-state index in [1.807, 2.05) is 0 Å². The first-order chi connectivity index (χ1) is 10.7. The first kappa shape index (κ1) is 19.6. The molecule has 1 fully saturated rings. The second-order valence-corrected chi connectivity index (χ2v) is 6.79. The number of ether oxygens (including phenoxy) is 4. The first-order valence-electron chi connectivity index (χ1n) is 7.14. The van der Waals surface area contributed by atoms with Crippen molar-refractivity contribution in [1.29, 1.82) is 0 Å². The van der Waals surface area contributed by atoms with E-state index in [9.17, 15) is 18.6 Å². The van der Waals surface area contributed by atoms with E-state index in [1.54, 1.807) is 6.26 Å². The van der Waals surface area contributed by atoms with Crippen LogP contribution in [-0.4, -0.2) is 65.1 Å². The summed E-state index contributed by atoms with van der Waals surface area (Å²) in [5, 5.41) is 0. The minimum atomic E-state index is -1.05. The molecule has 1 rings (SSSR count). The van der Waals surface area contributed by atoms with Crippen molar-refractivity contribution in [3.05, 3.63) is 0 Å². The lowest BCUT2D eigenvalue weighted by Gasteiger charge is -2.40. The Kier molecular flexibility index (Phi) is 7.63. The topological polar surface area (TPSA) is 105 Å². The molecule has 0 aromatic carbocycles. The minimum absolute atomic E-state index is 0.00366. The maximum Gasteiger partial charge on any atom is 0.303 e. The van der Waals surface area contributed by atoms with Gasteiger partial charge in [0.25, 0.3) is 0 Å². The van der Waals surface area contributed by atoms with Gasteiger partial charge in [-0.2, -0.15) is 0 Å². The molecule has 1 aliphatic rings. The molecule has 8 nitrogen and oxygen atoms in total. The van der Waals surface area contributed by atoms with Gasteiger partial charge in [0, 0.05) is 43.6 Å². The lowest BCUT2D eigenvalue weighted by atomic mass is 9.97. The van der Waals surface area contributed by atoms with Crippen LogP contribution < -0.4 is 0 Å². The average molecular weight is 350 g/mol. The summed E-state index contributed by atoms with van der Waals surface area (Å²) < 4.78 is 32.4. The maximum absolute atomic E-state index is 11.4. The van der Waals surface area contributed by atoms with Gasteiger partial charge >= 0.3 is 17.9 Å². The third kappa shape index (κ3) is 6.66. The van der Waals surface area contributed by atoms with Crippen LogP contribution in [0.1, 0.15) is 27.2 Å². The van der Waals surface area contributed by atoms with Gasteiger partial charge in [-0.25, -0.2) is 0 Å². The van der Waals surface area contributed by atoms with Crippen molar-refractivity contribution in [1.82, 2.24) is 0 Å². The molecule has 0 amide bonds. The van der Waals surface area contributed by atoms with E-state index in [2.05, 4.69) is 0 Å². The van der Waals surface area contributed by atoms with Crippen molar-refractivity contribution < 1.29 is 37.5 Å². The van der Waals surface area contributed by atoms with Crippen LogP contribution in [0.5, 0.6) is 0 Å². The van der Waals surface area contributed by atoms with E-state index in [-0.39, 0.29) is 6.61 Å². The van der Waals surface area contributed by atoms with E-state index < -0.39 is 53.1 Å². The van der Waals surface area contributed by atoms with Crippen LogP contribution in [0.15, 0.2) is 0 Å². The number of carbonyl (C=O) groups is 3. The van der Waals surface area contributed by atoms with Crippen molar-refractivity contribution in [2.24, 2.45) is 0 Å². The van der Waals surface area contributed by atoms with Crippen LogP contribution in [0.3, 0.4) is 0 Å². The molecule has 0 bridgehead atoms. The Labute approximate surface area is 137 Å². The molecule has 9 heteroatoms. The Morgan fingerprint density at radius 2 is 1.52 bits per heavy atom. The summed E-state index contributed by atoms with van der Waals surface area (Å²) in [5.74, 6) is -1.40. The molecule has 0 saturated carbocycles. The molecule has 0 spiro atoms. The van der Waals surface area contributed by atoms with E-state index in [4.69, 9.17) is 18.9 Å². The Morgan fingerprint density at radius 1 is 1.00 bits per heavy atom. The highest BCUT2D eigenvalue weighted by atomic mass is 32.2. The molecule has 23 heavy (non-hydrogen) atoms. The predicted octanol–water partition coefficient (Wildman–Crippen LogP) is -0.0511. The predicted molar refractivity (Wildman–Crippen MR) is 80.0 cm³/mol. The molecule has 1 unspecified atom stereocenters. The van der Waals surface area contributed by atoms with Gasteiger partial charge in [0.05, 0.1) is 12.7 Å². The Hall–Kier alpha value is -1.48.